The van der Waals surface area contributed by atoms with Crippen LogP contribution in [-0.4, -0.2) is 11.7 Å². The number of aliphatic hydroxyl groups excluding tert-OH is 1. The molecule has 5 heteroatoms. The van der Waals surface area contributed by atoms with Gasteiger partial charge in [-0.15, -0.1) is 0 Å². The molecule has 1 N–H and O–H groups in total. The molecule has 0 amide bonds. The molecule has 0 fully saturated rings. The number of fused-ring (bicyclic) bond motifs is 1. The number of aliphatic hydroxyl groups is 1. The molecule has 21 heavy (non-hydrogen) atoms. The second kappa shape index (κ2) is 5.69. The Morgan fingerprint density at radius 2 is 1.81 bits per heavy atom. The standard InChI is InChI=1S/C16H14F2O3/c17-16(18)20-11-7-5-10(6-8-11)15-9-13(19)12-3-1-2-4-14(12)21-15/h1-8,13,15-16,19H,9H2/t13-,15?/m1/s1. The van der Waals surface area contributed by atoms with E-state index in [9.17, 15) is 13.9 Å². The van der Waals surface area contributed by atoms with Gasteiger partial charge in [0.25, 0.3) is 0 Å². The average Bonchev–Trinajstić information content (AvgIpc) is 2.47. The normalized spacial score (nSPS) is 20.8. The van der Waals surface area contributed by atoms with Crippen molar-refractivity contribution in [3.05, 3.63) is 59.7 Å². The predicted octanol–water partition coefficient (Wildman–Crippen LogP) is 3.85. The summed E-state index contributed by atoms with van der Waals surface area (Å²) in [4.78, 5) is 0. The van der Waals surface area contributed by atoms with Crippen molar-refractivity contribution in [2.75, 3.05) is 0 Å². The summed E-state index contributed by atoms with van der Waals surface area (Å²) in [7, 11) is 0. The van der Waals surface area contributed by atoms with E-state index in [-0.39, 0.29) is 11.9 Å². The average molecular weight is 292 g/mol. The quantitative estimate of drug-likeness (QED) is 0.934. The lowest BCUT2D eigenvalue weighted by Crippen LogP contribution is -2.18. The Morgan fingerprint density at radius 3 is 2.52 bits per heavy atom. The molecule has 0 spiro atoms. The largest absolute Gasteiger partial charge is 0.485 e. The van der Waals surface area contributed by atoms with Gasteiger partial charge in [0.1, 0.15) is 17.6 Å². The number of rotatable bonds is 3. The summed E-state index contributed by atoms with van der Waals surface area (Å²) in [6.45, 7) is -2.84. The van der Waals surface area contributed by atoms with Crippen LogP contribution in [0.25, 0.3) is 0 Å². The number of ether oxygens (including phenoxy) is 2. The Bertz CT molecular complexity index is 613. The number of hydrogen-bond donors (Lipinski definition) is 1. The van der Waals surface area contributed by atoms with Crippen molar-refractivity contribution in [3.8, 4) is 11.5 Å². The summed E-state index contributed by atoms with van der Waals surface area (Å²) in [5.41, 5.74) is 1.58. The number of benzene rings is 2. The summed E-state index contributed by atoms with van der Waals surface area (Å²) in [6, 6.07) is 13.6. The summed E-state index contributed by atoms with van der Waals surface area (Å²) in [5, 5.41) is 10.2. The van der Waals surface area contributed by atoms with E-state index < -0.39 is 12.7 Å². The Labute approximate surface area is 120 Å². The van der Waals surface area contributed by atoms with E-state index >= 15 is 0 Å². The zero-order valence-electron chi connectivity index (χ0n) is 11.1. The van der Waals surface area contributed by atoms with Crippen molar-refractivity contribution in [2.24, 2.45) is 0 Å². The Morgan fingerprint density at radius 1 is 1.10 bits per heavy atom. The molecule has 2 atom stereocenters. The molecule has 0 saturated heterocycles. The van der Waals surface area contributed by atoms with Crippen LogP contribution in [0.15, 0.2) is 48.5 Å². The third-order valence-electron chi connectivity index (χ3n) is 3.46. The molecule has 3 rings (SSSR count). The van der Waals surface area contributed by atoms with Crippen molar-refractivity contribution in [3.63, 3.8) is 0 Å². The lowest BCUT2D eigenvalue weighted by atomic mass is 9.95. The molecule has 1 heterocycles. The molecular formula is C16H14F2O3. The van der Waals surface area contributed by atoms with Crippen molar-refractivity contribution < 1.29 is 23.4 Å². The van der Waals surface area contributed by atoms with Crippen molar-refractivity contribution in [1.29, 1.82) is 0 Å². The van der Waals surface area contributed by atoms with E-state index in [1.165, 1.54) is 12.1 Å². The Balaban J connectivity index is 1.79. The van der Waals surface area contributed by atoms with Gasteiger partial charge in [-0.1, -0.05) is 30.3 Å². The third kappa shape index (κ3) is 2.97. The first kappa shape index (κ1) is 13.8. The van der Waals surface area contributed by atoms with Crippen LogP contribution in [0.3, 0.4) is 0 Å². The highest BCUT2D eigenvalue weighted by molar-refractivity contribution is 5.39. The van der Waals surface area contributed by atoms with Crippen LogP contribution in [0.5, 0.6) is 11.5 Å². The number of alkyl halides is 2. The van der Waals surface area contributed by atoms with Gasteiger partial charge in [0.05, 0.1) is 6.10 Å². The highest BCUT2D eigenvalue weighted by Crippen LogP contribution is 2.40. The number of para-hydroxylation sites is 1. The molecule has 0 aromatic heterocycles. The van der Waals surface area contributed by atoms with Crippen LogP contribution in [0.4, 0.5) is 8.78 Å². The van der Waals surface area contributed by atoms with Gasteiger partial charge in [-0.25, -0.2) is 0 Å². The van der Waals surface area contributed by atoms with E-state index in [0.29, 0.717) is 12.2 Å². The first-order valence-electron chi connectivity index (χ1n) is 6.62. The SMILES string of the molecule is O[C@@H]1CC(c2ccc(OC(F)F)cc2)Oc2ccccc21. The molecule has 110 valence electrons. The lowest BCUT2D eigenvalue weighted by molar-refractivity contribution is -0.0498. The van der Waals surface area contributed by atoms with Crippen molar-refractivity contribution in [2.45, 2.75) is 25.2 Å². The minimum absolute atomic E-state index is 0.102. The maximum absolute atomic E-state index is 12.1. The maximum Gasteiger partial charge on any atom is 0.387 e. The van der Waals surface area contributed by atoms with Crippen LogP contribution in [0.2, 0.25) is 0 Å². The Hall–Kier alpha value is -2.14. The zero-order chi connectivity index (χ0) is 14.8. The molecule has 0 aliphatic carbocycles. The van der Waals surface area contributed by atoms with Crippen LogP contribution < -0.4 is 9.47 Å². The van der Waals surface area contributed by atoms with Crippen molar-refractivity contribution in [1.82, 2.24) is 0 Å². The number of hydrogen-bond acceptors (Lipinski definition) is 3. The van der Waals surface area contributed by atoms with E-state index in [1.807, 2.05) is 18.2 Å². The van der Waals surface area contributed by atoms with Gasteiger partial charge < -0.3 is 14.6 Å². The van der Waals surface area contributed by atoms with E-state index in [1.54, 1.807) is 18.2 Å². The minimum atomic E-state index is -2.84. The number of halogens is 2. The molecule has 0 bridgehead atoms. The molecule has 2 aromatic rings. The first-order valence-corrected chi connectivity index (χ1v) is 6.62. The van der Waals surface area contributed by atoms with Gasteiger partial charge in [0, 0.05) is 12.0 Å². The lowest BCUT2D eigenvalue weighted by Gasteiger charge is -2.29. The molecule has 1 aliphatic heterocycles. The molecule has 1 unspecified atom stereocenters. The van der Waals surface area contributed by atoms with Gasteiger partial charge in [-0.2, -0.15) is 8.78 Å². The minimum Gasteiger partial charge on any atom is -0.485 e. The van der Waals surface area contributed by atoms with Gasteiger partial charge in [0.15, 0.2) is 0 Å². The van der Waals surface area contributed by atoms with Crippen LogP contribution in [0.1, 0.15) is 29.8 Å². The highest BCUT2D eigenvalue weighted by Gasteiger charge is 2.27. The molecule has 3 nitrogen and oxygen atoms in total. The predicted molar refractivity (Wildman–Crippen MR) is 72.5 cm³/mol. The molecule has 0 saturated carbocycles. The molecular weight excluding hydrogens is 278 g/mol. The first-order chi connectivity index (χ1) is 10.1. The van der Waals surface area contributed by atoms with E-state index in [2.05, 4.69) is 4.74 Å². The molecule has 2 aromatic carbocycles. The van der Waals surface area contributed by atoms with E-state index in [0.717, 1.165) is 11.1 Å². The second-order valence-corrected chi connectivity index (χ2v) is 4.84. The smallest absolute Gasteiger partial charge is 0.387 e. The van der Waals surface area contributed by atoms with Crippen molar-refractivity contribution >= 4 is 0 Å². The fourth-order valence-corrected chi connectivity index (χ4v) is 2.46. The Kier molecular flexibility index (Phi) is 3.75. The van der Waals surface area contributed by atoms with Gasteiger partial charge in [0.2, 0.25) is 0 Å². The fraction of sp³-hybridized carbons (Fsp3) is 0.250. The fourth-order valence-electron chi connectivity index (χ4n) is 2.46. The van der Waals surface area contributed by atoms with Crippen LogP contribution in [-0.2, 0) is 0 Å². The summed E-state index contributed by atoms with van der Waals surface area (Å²) in [5.74, 6) is 0.750. The van der Waals surface area contributed by atoms with E-state index in [4.69, 9.17) is 4.74 Å². The van der Waals surface area contributed by atoms with Gasteiger partial charge >= 0.3 is 6.61 Å². The summed E-state index contributed by atoms with van der Waals surface area (Å²) >= 11 is 0. The molecule has 1 aliphatic rings. The summed E-state index contributed by atoms with van der Waals surface area (Å²) in [6.07, 6.45) is -0.487. The molecule has 0 radical (unpaired) electrons. The van der Waals surface area contributed by atoms with Gasteiger partial charge in [-0.3, -0.25) is 0 Å². The summed E-state index contributed by atoms with van der Waals surface area (Å²) < 4.78 is 34.4. The van der Waals surface area contributed by atoms with Gasteiger partial charge in [-0.05, 0) is 23.8 Å². The highest BCUT2D eigenvalue weighted by atomic mass is 19.3. The topological polar surface area (TPSA) is 38.7 Å². The maximum atomic E-state index is 12.1. The third-order valence-corrected chi connectivity index (χ3v) is 3.46. The monoisotopic (exact) mass is 292 g/mol. The van der Waals surface area contributed by atoms with Crippen LogP contribution >= 0.6 is 0 Å². The van der Waals surface area contributed by atoms with Crippen LogP contribution in [0, 0.1) is 0 Å². The second-order valence-electron chi connectivity index (χ2n) is 4.84. The zero-order valence-corrected chi connectivity index (χ0v) is 11.1.